The molecule has 1 aliphatic rings. The monoisotopic (exact) mass is 487 g/mol. The largest absolute Gasteiger partial charge is 0.494 e. The molecule has 180 valence electrons. The van der Waals surface area contributed by atoms with E-state index in [0.29, 0.717) is 12.1 Å². The number of halogens is 3. The number of carbonyl (C=O) groups excluding carboxylic acids is 1. The maximum atomic E-state index is 13.8. The number of ether oxygens (including phenoxy) is 3. The van der Waals surface area contributed by atoms with Gasteiger partial charge in [-0.15, -0.1) is 0 Å². The van der Waals surface area contributed by atoms with Gasteiger partial charge in [-0.3, -0.25) is 4.79 Å². The molecule has 1 amide bonds. The summed E-state index contributed by atoms with van der Waals surface area (Å²) < 4.78 is 81.7. The highest BCUT2D eigenvalue weighted by molar-refractivity contribution is 7.91. The van der Waals surface area contributed by atoms with Crippen LogP contribution >= 0.6 is 0 Å². The van der Waals surface area contributed by atoms with Crippen LogP contribution in [-0.4, -0.2) is 57.4 Å². The Bertz CT molecular complexity index is 1160. The molecule has 0 bridgehead atoms. The summed E-state index contributed by atoms with van der Waals surface area (Å²) in [5.74, 6) is -4.87. The Hall–Kier alpha value is -2.95. The van der Waals surface area contributed by atoms with Crippen LogP contribution in [0.15, 0.2) is 29.2 Å². The van der Waals surface area contributed by atoms with Gasteiger partial charge in [-0.2, -0.15) is 0 Å². The predicted molar refractivity (Wildman–Crippen MR) is 113 cm³/mol. The highest BCUT2D eigenvalue weighted by atomic mass is 32.2. The average Bonchev–Trinajstić information content (AvgIpc) is 2.72. The Balaban J connectivity index is 1.87. The first kappa shape index (κ1) is 24.7. The molecule has 1 aliphatic heterocycles. The maximum Gasteiger partial charge on any atom is 0.261 e. The standard InChI is InChI=1S/C22H24F3NO6S/c1-5-33(28,29)19-7-6-17(31-12(2)3)20(21(19)30-4)22(27)26-10-13(11-26)32-18-9-15(24)14(23)8-16(18)25/h6-9,12-13H,5,10-11H2,1-4H3. The van der Waals surface area contributed by atoms with Crippen molar-refractivity contribution in [1.29, 1.82) is 0 Å². The van der Waals surface area contributed by atoms with Crippen molar-refractivity contribution in [3.63, 3.8) is 0 Å². The topological polar surface area (TPSA) is 82.1 Å². The van der Waals surface area contributed by atoms with E-state index in [1.165, 1.54) is 31.1 Å². The molecule has 0 aromatic heterocycles. The van der Waals surface area contributed by atoms with Crippen molar-refractivity contribution in [3.8, 4) is 17.2 Å². The van der Waals surface area contributed by atoms with E-state index >= 15 is 0 Å². The van der Waals surface area contributed by atoms with Gasteiger partial charge in [0, 0.05) is 12.1 Å². The second-order valence-corrected chi connectivity index (χ2v) is 9.93. The molecule has 2 aromatic carbocycles. The van der Waals surface area contributed by atoms with E-state index in [1.54, 1.807) is 13.8 Å². The van der Waals surface area contributed by atoms with Crippen molar-refractivity contribution in [2.24, 2.45) is 0 Å². The van der Waals surface area contributed by atoms with Gasteiger partial charge in [0.25, 0.3) is 5.91 Å². The second-order valence-electron chi connectivity index (χ2n) is 7.69. The van der Waals surface area contributed by atoms with Gasteiger partial charge in [0.15, 0.2) is 38.8 Å². The van der Waals surface area contributed by atoms with Crippen LogP contribution in [0, 0.1) is 17.5 Å². The van der Waals surface area contributed by atoms with Crippen molar-refractivity contribution in [2.45, 2.75) is 37.9 Å². The maximum absolute atomic E-state index is 13.8. The lowest BCUT2D eigenvalue weighted by Gasteiger charge is -2.39. The molecule has 0 radical (unpaired) electrons. The van der Waals surface area contributed by atoms with Crippen molar-refractivity contribution < 1.29 is 40.6 Å². The fourth-order valence-corrected chi connectivity index (χ4v) is 4.37. The lowest BCUT2D eigenvalue weighted by Crippen LogP contribution is -2.56. The molecule has 33 heavy (non-hydrogen) atoms. The van der Waals surface area contributed by atoms with E-state index in [2.05, 4.69) is 0 Å². The summed E-state index contributed by atoms with van der Waals surface area (Å²) in [5, 5.41) is 0. The van der Waals surface area contributed by atoms with Crippen LogP contribution in [0.4, 0.5) is 13.2 Å². The summed E-state index contributed by atoms with van der Waals surface area (Å²) in [4.78, 5) is 14.5. The molecule has 0 spiro atoms. The fraction of sp³-hybridized carbons (Fsp3) is 0.409. The molecule has 0 aliphatic carbocycles. The Labute approximate surface area is 190 Å². The summed E-state index contributed by atoms with van der Waals surface area (Å²) in [6.45, 7) is 4.99. The Kier molecular flexibility index (Phi) is 7.11. The highest BCUT2D eigenvalue weighted by Crippen LogP contribution is 2.38. The van der Waals surface area contributed by atoms with E-state index in [1.807, 2.05) is 0 Å². The number of amides is 1. The number of carbonyl (C=O) groups is 1. The molecule has 0 saturated carbocycles. The number of methoxy groups -OCH3 is 1. The number of rotatable bonds is 8. The predicted octanol–water partition coefficient (Wildman–Crippen LogP) is 3.60. The molecule has 1 heterocycles. The first-order chi connectivity index (χ1) is 15.5. The van der Waals surface area contributed by atoms with Crippen molar-refractivity contribution in [3.05, 3.63) is 47.3 Å². The molecule has 1 saturated heterocycles. The first-order valence-corrected chi connectivity index (χ1v) is 11.8. The van der Waals surface area contributed by atoms with Gasteiger partial charge in [-0.1, -0.05) is 6.92 Å². The lowest BCUT2D eigenvalue weighted by atomic mass is 10.1. The van der Waals surface area contributed by atoms with Gasteiger partial charge in [-0.25, -0.2) is 21.6 Å². The third-order valence-electron chi connectivity index (χ3n) is 4.98. The highest BCUT2D eigenvalue weighted by Gasteiger charge is 2.38. The molecular weight excluding hydrogens is 463 g/mol. The quantitative estimate of drug-likeness (QED) is 0.530. The van der Waals surface area contributed by atoms with Crippen LogP contribution in [0.5, 0.6) is 17.2 Å². The molecule has 0 atom stereocenters. The molecule has 11 heteroatoms. The zero-order valence-corrected chi connectivity index (χ0v) is 19.3. The molecular formula is C22H24F3NO6S. The van der Waals surface area contributed by atoms with E-state index in [9.17, 15) is 26.4 Å². The summed E-state index contributed by atoms with van der Waals surface area (Å²) in [6.07, 6.45) is -0.977. The first-order valence-electron chi connectivity index (χ1n) is 10.2. The number of nitrogens with zero attached hydrogens (tertiary/aromatic N) is 1. The van der Waals surface area contributed by atoms with E-state index < -0.39 is 45.0 Å². The second kappa shape index (κ2) is 9.50. The van der Waals surface area contributed by atoms with Crippen LogP contribution in [0.1, 0.15) is 31.1 Å². The van der Waals surface area contributed by atoms with Gasteiger partial charge < -0.3 is 19.1 Å². The van der Waals surface area contributed by atoms with E-state index in [0.717, 1.165) is 0 Å². The number of hydrogen-bond donors (Lipinski definition) is 0. The minimum absolute atomic E-state index is 0.00625. The van der Waals surface area contributed by atoms with Crippen LogP contribution in [0.25, 0.3) is 0 Å². The Morgan fingerprint density at radius 2 is 1.73 bits per heavy atom. The number of benzene rings is 2. The van der Waals surface area contributed by atoms with Crippen LogP contribution in [-0.2, 0) is 9.84 Å². The van der Waals surface area contributed by atoms with Gasteiger partial charge in [0.2, 0.25) is 0 Å². The molecule has 0 unspecified atom stereocenters. The zero-order valence-electron chi connectivity index (χ0n) is 18.5. The van der Waals surface area contributed by atoms with Crippen molar-refractivity contribution >= 4 is 15.7 Å². The summed E-state index contributed by atoms with van der Waals surface area (Å²) in [7, 11) is -2.45. The minimum Gasteiger partial charge on any atom is -0.494 e. The Morgan fingerprint density at radius 1 is 1.09 bits per heavy atom. The Morgan fingerprint density at radius 3 is 2.30 bits per heavy atom. The van der Waals surface area contributed by atoms with Gasteiger partial charge in [-0.05, 0) is 26.0 Å². The van der Waals surface area contributed by atoms with E-state index in [-0.39, 0.29) is 46.9 Å². The van der Waals surface area contributed by atoms with Crippen molar-refractivity contribution in [2.75, 3.05) is 26.0 Å². The number of likely N-dealkylation sites (tertiary alicyclic amines) is 1. The van der Waals surface area contributed by atoms with Crippen LogP contribution < -0.4 is 14.2 Å². The third kappa shape index (κ3) is 5.02. The van der Waals surface area contributed by atoms with Crippen LogP contribution in [0.3, 0.4) is 0 Å². The summed E-state index contributed by atoms with van der Waals surface area (Å²) >= 11 is 0. The normalized spacial score (nSPS) is 14.2. The smallest absolute Gasteiger partial charge is 0.261 e. The van der Waals surface area contributed by atoms with Gasteiger partial charge >= 0.3 is 0 Å². The molecule has 3 rings (SSSR count). The molecule has 7 nitrogen and oxygen atoms in total. The van der Waals surface area contributed by atoms with Crippen LogP contribution in [0.2, 0.25) is 0 Å². The lowest BCUT2D eigenvalue weighted by molar-refractivity contribution is 0.0155. The zero-order chi connectivity index (χ0) is 24.5. The fourth-order valence-electron chi connectivity index (χ4n) is 3.31. The van der Waals surface area contributed by atoms with Gasteiger partial charge in [0.05, 0.1) is 32.1 Å². The van der Waals surface area contributed by atoms with Crippen molar-refractivity contribution in [1.82, 2.24) is 4.90 Å². The third-order valence-corrected chi connectivity index (χ3v) is 6.73. The summed E-state index contributed by atoms with van der Waals surface area (Å²) in [5.41, 5.74) is -0.0572. The molecule has 2 aromatic rings. The van der Waals surface area contributed by atoms with Gasteiger partial charge in [0.1, 0.15) is 22.3 Å². The summed E-state index contributed by atoms with van der Waals surface area (Å²) in [6, 6.07) is 3.72. The molecule has 0 N–H and O–H groups in total. The number of hydrogen-bond acceptors (Lipinski definition) is 6. The van der Waals surface area contributed by atoms with E-state index in [4.69, 9.17) is 14.2 Å². The average molecular weight is 487 g/mol. The number of sulfone groups is 1. The SMILES string of the molecule is CCS(=O)(=O)c1ccc(OC(C)C)c(C(=O)N2CC(Oc3cc(F)c(F)cc3F)C2)c1OC. The minimum atomic E-state index is -3.70. The molecule has 1 fully saturated rings.